The number of rotatable bonds is 9. The van der Waals surface area contributed by atoms with Gasteiger partial charge >= 0.3 is 31.6 Å². The van der Waals surface area contributed by atoms with Crippen LogP contribution in [0.4, 0.5) is 5.82 Å². The zero-order valence-corrected chi connectivity index (χ0v) is 53.6. The van der Waals surface area contributed by atoms with Crippen LogP contribution in [0.2, 0.25) is 0 Å². The molecule has 0 saturated carbocycles. The van der Waals surface area contributed by atoms with Crippen molar-refractivity contribution in [2.75, 3.05) is 5.73 Å². The molecule has 18 heteroatoms. The molecule has 4 N–H and O–H groups in total. The smallest absolute Gasteiger partial charge is 0.537 e. The average Bonchev–Trinajstić information content (AvgIpc) is 2.33. The Balaban J connectivity index is 0.000000236. The third-order valence-electron chi connectivity index (χ3n) is 11.2. The van der Waals surface area contributed by atoms with E-state index >= 15 is 0 Å². The lowest BCUT2D eigenvalue weighted by atomic mass is 10.0. The van der Waals surface area contributed by atoms with Crippen LogP contribution in [-0.2, 0) is 18.9 Å². The largest absolute Gasteiger partial charge is 0.569 e. The molecule has 0 aliphatic carbocycles. The third kappa shape index (κ3) is 24.1. The number of pyridine rings is 4. The van der Waals surface area contributed by atoms with Gasteiger partial charge < -0.3 is 34.4 Å². The molecule has 8 rings (SSSR count). The summed E-state index contributed by atoms with van der Waals surface area (Å²) in [6, 6.07) is 43.3. The number of carbonyl (C=O) groups excluding carboxylic acids is 4. The van der Waals surface area contributed by atoms with Crippen molar-refractivity contribution < 1.29 is 57.7 Å². The molecule has 0 atom stereocenters. The van der Waals surface area contributed by atoms with Crippen molar-refractivity contribution in [2.24, 2.45) is 0 Å². The molecule has 4 heterocycles. The number of halogens is 1. The minimum absolute atomic E-state index is 0.312. The lowest BCUT2D eigenvalue weighted by Gasteiger charge is -2.19. The molecule has 0 aliphatic heterocycles. The number of nitrogens with zero attached hydrogens (tertiary/aromatic N) is 4. The number of esters is 4. The molecule has 451 valence electrons. The fourth-order valence-corrected chi connectivity index (χ4v) is 7.79. The van der Waals surface area contributed by atoms with Crippen LogP contribution in [0.5, 0.6) is 5.75 Å². The Morgan fingerprint density at radius 1 is 0.477 bits per heavy atom. The number of hydrogen-bond acceptors (Lipinski definition) is 15. The number of hydrogen-bond donors (Lipinski definition) is 3. The molecule has 0 aliphatic rings. The quantitative estimate of drug-likeness (QED) is 0.0305. The number of aromatic nitrogens is 4. The van der Waals surface area contributed by atoms with E-state index in [9.17, 15) is 24.4 Å². The highest BCUT2D eigenvalue weighted by Gasteiger charge is 2.23. The molecule has 0 spiro atoms. The van der Waals surface area contributed by atoms with E-state index in [1.807, 2.05) is 163 Å². The SMILES string of the molecule is CC(C)(C)OC(=O)c1cccc(O[B]O)c1.Cc1ccc(N)nc1-c1cccc(C(=O)OC(C)(C)C)c1.Cc1ccc[n+](O)c1-c1cccc(C(=O)OC(C)(C)C)c1.Cc1cccnc1-c1cccc(C(=O)OC(C)(C)C)c1.Cc1cccnc1Br. The Labute approximate surface area is 515 Å². The molecule has 86 heavy (non-hydrogen) atoms. The second kappa shape index (κ2) is 31.4. The Kier molecular flexibility index (Phi) is 25.5. The fourth-order valence-electron chi connectivity index (χ4n) is 7.54. The summed E-state index contributed by atoms with van der Waals surface area (Å²) in [5.41, 5.74) is 14.6. The van der Waals surface area contributed by atoms with Crippen LogP contribution < -0.4 is 15.1 Å². The maximum Gasteiger partial charge on any atom is 0.569 e. The van der Waals surface area contributed by atoms with Gasteiger partial charge in [-0.15, -0.1) is 0 Å². The average molecular weight is 1230 g/mol. The predicted molar refractivity (Wildman–Crippen MR) is 340 cm³/mol. The summed E-state index contributed by atoms with van der Waals surface area (Å²) in [6.07, 6.45) is 5.07. The van der Waals surface area contributed by atoms with Gasteiger partial charge in [-0.25, -0.2) is 29.1 Å². The maximum absolute atomic E-state index is 12.1. The zero-order valence-electron chi connectivity index (χ0n) is 52.0. The maximum atomic E-state index is 12.1. The highest BCUT2D eigenvalue weighted by Crippen LogP contribution is 2.27. The van der Waals surface area contributed by atoms with Crippen LogP contribution in [0.1, 0.15) is 147 Å². The van der Waals surface area contributed by atoms with E-state index in [4.69, 9.17) is 34.4 Å². The predicted octanol–water partition coefficient (Wildman–Crippen LogP) is 14.4. The van der Waals surface area contributed by atoms with Gasteiger partial charge in [0.15, 0.2) is 0 Å². The van der Waals surface area contributed by atoms with Crippen molar-refractivity contribution >= 4 is 53.3 Å². The molecular weight excluding hydrogens is 1150 g/mol. The summed E-state index contributed by atoms with van der Waals surface area (Å²) in [6.45, 7) is 29.9. The molecule has 4 aromatic heterocycles. The Morgan fingerprint density at radius 3 is 1.29 bits per heavy atom. The van der Waals surface area contributed by atoms with Gasteiger partial charge in [-0.1, -0.05) is 54.6 Å². The van der Waals surface area contributed by atoms with Crippen molar-refractivity contribution in [2.45, 2.75) is 133 Å². The summed E-state index contributed by atoms with van der Waals surface area (Å²) in [5, 5.41) is 18.4. The van der Waals surface area contributed by atoms with Crippen molar-refractivity contribution in [1.82, 2.24) is 15.0 Å². The van der Waals surface area contributed by atoms with Gasteiger partial charge in [0.1, 0.15) is 38.6 Å². The van der Waals surface area contributed by atoms with E-state index in [1.54, 1.807) is 106 Å². The lowest BCUT2D eigenvalue weighted by Crippen LogP contribution is -2.33. The second-order valence-electron chi connectivity index (χ2n) is 23.6. The number of aryl methyl sites for hydroxylation is 4. The number of ether oxygens (including phenoxy) is 4. The van der Waals surface area contributed by atoms with Crippen LogP contribution in [0.15, 0.2) is 169 Å². The standard InChI is InChI=1S/C17H20N2O2.C17H20NO3.C17H19NO2.C11H14BO4.C6H6BrN/c1-11-8-9-14(18)19-15(11)12-6-5-7-13(10-12)16(20)21-17(2,3)4;1-12-7-6-10-18(20)15(12)13-8-5-9-14(11-13)16(19)21-17(2,3)4;1-12-7-6-10-18-15(12)13-8-5-9-14(11-13)16(19)20-17(2,3)4;1-11(2,3)15-10(13)8-5-4-6-9(7-8)16-12-14;1-5-3-2-4-8-6(5)7/h5-10H,1-4H3,(H2,18,19);5-11,20H,1-4H3;5-11H,1-4H3;4-7,14H,1-3H3;2-4H,1H3/q;+1;;;. The summed E-state index contributed by atoms with van der Waals surface area (Å²) < 4.78 is 28.1. The molecule has 0 bridgehead atoms. The Bertz CT molecular complexity index is 3540. The van der Waals surface area contributed by atoms with E-state index in [0.717, 1.165) is 54.1 Å². The van der Waals surface area contributed by atoms with Gasteiger partial charge in [-0.05, 0) is 228 Å². The first kappa shape index (κ1) is 69.8. The second-order valence-corrected chi connectivity index (χ2v) is 24.3. The molecule has 0 saturated heterocycles. The van der Waals surface area contributed by atoms with Crippen molar-refractivity contribution in [1.29, 1.82) is 0 Å². The van der Waals surface area contributed by atoms with Gasteiger partial charge in [-0.3, -0.25) is 10.2 Å². The molecule has 0 fully saturated rings. The van der Waals surface area contributed by atoms with Crippen LogP contribution in [0.25, 0.3) is 33.8 Å². The Morgan fingerprint density at radius 2 is 0.872 bits per heavy atom. The molecule has 0 amide bonds. The molecule has 8 aromatic rings. The highest BCUT2D eigenvalue weighted by atomic mass is 79.9. The number of anilines is 1. The normalized spacial score (nSPS) is 11.0. The third-order valence-corrected chi connectivity index (χ3v) is 12.0. The summed E-state index contributed by atoms with van der Waals surface area (Å²) in [7, 11) is 0.564. The van der Waals surface area contributed by atoms with E-state index in [0.29, 0.717) is 47.2 Å². The van der Waals surface area contributed by atoms with Crippen LogP contribution in [0, 0.1) is 27.7 Å². The summed E-state index contributed by atoms with van der Waals surface area (Å²) >= 11 is 3.28. The topological polar surface area (TPSA) is 223 Å². The van der Waals surface area contributed by atoms with Crippen molar-refractivity contribution in [3.63, 3.8) is 0 Å². The monoisotopic (exact) mass is 1230 g/mol. The van der Waals surface area contributed by atoms with Gasteiger partial charge in [0.25, 0.3) is 5.69 Å². The van der Waals surface area contributed by atoms with Crippen LogP contribution in [-0.4, -0.2) is 79.1 Å². The number of benzene rings is 4. The first-order chi connectivity index (χ1) is 40.1. The van der Waals surface area contributed by atoms with E-state index < -0.39 is 28.4 Å². The molecular formula is C68H79BBrN5O11+. The van der Waals surface area contributed by atoms with Gasteiger partial charge in [0, 0.05) is 39.9 Å². The Hall–Kier alpha value is -8.74. The fraction of sp³-hybridized carbons (Fsp3) is 0.294. The summed E-state index contributed by atoms with van der Waals surface area (Å²) in [5.74, 6) is -0.610. The first-order valence-electron chi connectivity index (χ1n) is 27.5. The number of carbonyl (C=O) groups is 4. The van der Waals surface area contributed by atoms with Gasteiger partial charge in [0.2, 0.25) is 6.20 Å². The molecule has 16 nitrogen and oxygen atoms in total. The first-order valence-corrected chi connectivity index (χ1v) is 28.3. The van der Waals surface area contributed by atoms with E-state index in [-0.39, 0.29) is 17.9 Å². The van der Waals surface area contributed by atoms with Crippen LogP contribution in [0.3, 0.4) is 0 Å². The highest BCUT2D eigenvalue weighted by molar-refractivity contribution is 9.10. The van der Waals surface area contributed by atoms with Gasteiger partial charge in [-0.2, -0.15) is 0 Å². The minimum atomic E-state index is -0.535. The molecule has 0 unspecified atom stereocenters. The van der Waals surface area contributed by atoms with Crippen LogP contribution >= 0.6 is 15.9 Å². The minimum Gasteiger partial charge on any atom is -0.537 e. The number of nitrogens with two attached hydrogens (primary N) is 1. The van der Waals surface area contributed by atoms with Crippen molar-refractivity contribution in [3.05, 3.63) is 213 Å². The van der Waals surface area contributed by atoms with E-state index in [1.165, 1.54) is 11.6 Å². The van der Waals surface area contributed by atoms with Gasteiger partial charge in [0.05, 0.1) is 39.2 Å². The zero-order chi connectivity index (χ0) is 64.2. The molecule has 4 aromatic carbocycles. The number of nitrogen functional groups attached to an aromatic ring is 1. The van der Waals surface area contributed by atoms with Crippen molar-refractivity contribution in [3.8, 4) is 39.5 Å². The lowest BCUT2D eigenvalue weighted by molar-refractivity contribution is -0.896. The molecule has 1 radical (unpaired) electrons. The summed E-state index contributed by atoms with van der Waals surface area (Å²) in [4.78, 5) is 60.7. The van der Waals surface area contributed by atoms with E-state index in [2.05, 4.69) is 30.9 Å².